The van der Waals surface area contributed by atoms with E-state index in [1.54, 1.807) is 6.07 Å². The molecule has 0 radical (unpaired) electrons. The molecule has 0 N–H and O–H groups in total. The van der Waals surface area contributed by atoms with Gasteiger partial charge in [-0.05, 0) is 43.2 Å². The highest BCUT2D eigenvalue weighted by Gasteiger charge is 2.07. The summed E-state index contributed by atoms with van der Waals surface area (Å²) in [6, 6.07) is 6.70. The van der Waals surface area contributed by atoms with Crippen LogP contribution in [0.1, 0.15) is 11.1 Å². The third-order valence-corrected chi connectivity index (χ3v) is 2.67. The lowest BCUT2D eigenvalue weighted by molar-refractivity contribution is 0.422. The molecule has 17 heavy (non-hydrogen) atoms. The van der Waals surface area contributed by atoms with Crippen LogP contribution in [0.4, 0.5) is 4.39 Å². The maximum Gasteiger partial charge on any atom is 0.255 e. The number of pyridine rings is 1. The van der Waals surface area contributed by atoms with Gasteiger partial charge in [-0.2, -0.15) is 0 Å². The van der Waals surface area contributed by atoms with Gasteiger partial charge in [0.25, 0.3) is 5.88 Å². The van der Waals surface area contributed by atoms with Gasteiger partial charge in [-0.3, -0.25) is 0 Å². The van der Waals surface area contributed by atoms with Crippen molar-refractivity contribution in [1.82, 2.24) is 4.98 Å². The molecule has 0 saturated carbocycles. The number of hydrogen-bond donors (Lipinski definition) is 0. The molecule has 0 unspecified atom stereocenters. The molecule has 0 aliphatic carbocycles. The molecular formula is C13H11ClFNO. The summed E-state index contributed by atoms with van der Waals surface area (Å²) in [5.74, 6) is -0.0878. The van der Waals surface area contributed by atoms with Crippen molar-refractivity contribution in [3.05, 3.63) is 52.4 Å². The number of hydrogen-bond acceptors (Lipinski definition) is 2. The van der Waals surface area contributed by atoms with E-state index in [1.807, 2.05) is 26.0 Å². The van der Waals surface area contributed by atoms with Crippen LogP contribution in [-0.4, -0.2) is 4.98 Å². The highest BCUT2D eigenvalue weighted by atomic mass is 35.5. The van der Waals surface area contributed by atoms with Crippen LogP contribution in [0.25, 0.3) is 0 Å². The van der Waals surface area contributed by atoms with E-state index in [0.29, 0.717) is 5.75 Å². The summed E-state index contributed by atoms with van der Waals surface area (Å²) in [6.07, 6.45) is 1.35. The first-order valence-electron chi connectivity index (χ1n) is 5.12. The molecule has 2 nitrogen and oxygen atoms in total. The minimum atomic E-state index is -0.573. The fraction of sp³-hybridized carbons (Fsp3) is 0.154. The Labute approximate surface area is 104 Å². The van der Waals surface area contributed by atoms with Crippen LogP contribution in [0.2, 0.25) is 5.02 Å². The van der Waals surface area contributed by atoms with Gasteiger partial charge < -0.3 is 4.74 Å². The molecule has 0 fully saturated rings. The molecule has 0 aliphatic rings. The molecule has 1 aromatic carbocycles. The van der Waals surface area contributed by atoms with Gasteiger partial charge in [-0.1, -0.05) is 17.7 Å². The number of aromatic nitrogens is 1. The van der Waals surface area contributed by atoms with Crippen molar-refractivity contribution in [2.75, 3.05) is 0 Å². The van der Waals surface area contributed by atoms with Crippen molar-refractivity contribution in [2.24, 2.45) is 0 Å². The predicted molar refractivity (Wildman–Crippen MR) is 65.2 cm³/mol. The quantitative estimate of drug-likeness (QED) is 0.795. The summed E-state index contributed by atoms with van der Waals surface area (Å²) in [5.41, 5.74) is 2.23. The zero-order chi connectivity index (χ0) is 12.4. The Morgan fingerprint density at radius 3 is 2.59 bits per heavy atom. The number of halogens is 2. The lowest BCUT2D eigenvalue weighted by Crippen LogP contribution is -1.92. The minimum absolute atomic E-state index is 0.0716. The van der Waals surface area contributed by atoms with Crippen LogP contribution in [0, 0.1) is 19.7 Å². The van der Waals surface area contributed by atoms with Gasteiger partial charge in [0.1, 0.15) is 5.75 Å². The van der Waals surface area contributed by atoms with Crippen molar-refractivity contribution >= 4 is 11.6 Å². The van der Waals surface area contributed by atoms with E-state index in [-0.39, 0.29) is 10.9 Å². The Hall–Kier alpha value is -1.61. The van der Waals surface area contributed by atoms with Crippen molar-refractivity contribution in [3.8, 4) is 11.6 Å². The van der Waals surface area contributed by atoms with Crippen LogP contribution in [0.3, 0.4) is 0 Å². The highest BCUT2D eigenvalue weighted by molar-refractivity contribution is 6.30. The van der Waals surface area contributed by atoms with E-state index in [2.05, 4.69) is 4.98 Å². The van der Waals surface area contributed by atoms with E-state index >= 15 is 0 Å². The fourth-order valence-electron chi connectivity index (χ4n) is 1.37. The van der Waals surface area contributed by atoms with Gasteiger partial charge in [0.15, 0.2) is 5.82 Å². The Balaban J connectivity index is 2.28. The molecule has 1 heterocycles. The summed E-state index contributed by atoms with van der Waals surface area (Å²) >= 11 is 5.61. The van der Waals surface area contributed by atoms with Gasteiger partial charge in [0.05, 0.1) is 5.02 Å². The number of nitrogens with zero attached hydrogens (tertiary/aromatic N) is 1. The van der Waals surface area contributed by atoms with Gasteiger partial charge in [0, 0.05) is 6.20 Å². The lowest BCUT2D eigenvalue weighted by Gasteiger charge is -2.07. The summed E-state index contributed by atoms with van der Waals surface area (Å²) < 4.78 is 18.8. The fourth-order valence-corrected chi connectivity index (χ4v) is 1.51. The van der Waals surface area contributed by atoms with Crippen molar-refractivity contribution in [3.63, 3.8) is 0 Å². The van der Waals surface area contributed by atoms with Crippen molar-refractivity contribution in [2.45, 2.75) is 13.8 Å². The normalized spacial score (nSPS) is 10.4. The molecule has 0 saturated heterocycles. The predicted octanol–water partition coefficient (Wildman–Crippen LogP) is 4.28. The SMILES string of the molecule is Cc1ccc(Oc2ncc(Cl)cc2F)cc1C. The Morgan fingerprint density at radius 1 is 1.18 bits per heavy atom. The first-order valence-corrected chi connectivity index (χ1v) is 5.50. The van der Waals surface area contributed by atoms with E-state index < -0.39 is 5.82 Å². The number of benzene rings is 1. The van der Waals surface area contributed by atoms with Crippen LogP contribution in [0.5, 0.6) is 11.6 Å². The largest absolute Gasteiger partial charge is 0.436 e. The van der Waals surface area contributed by atoms with E-state index in [4.69, 9.17) is 16.3 Å². The summed E-state index contributed by atoms with van der Waals surface area (Å²) in [5, 5.41) is 0.245. The van der Waals surface area contributed by atoms with Gasteiger partial charge >= 0.3 is 0 Å². The molecule has 88 valence electrons. The number of aryl methyl sites for hydroxylation is 2. The topological polar surface area (TPSA) is 22.1 Å². The lowest BCUT2D eigenvalue weighted by atomic mass is 10.1. The molecule has 0 bridgehead atoms. The van der Waals surface area contributed by atoms with Crippen LogP contribution >= 0.6 is 11.6 Å². The zero-order valence-electron chi connectivity index (χ0n) is 9.50. The van der Waals surface area contributed by atoms with Gasteiger partial charge in [-0.15, -0.1) is 0 Å². The van der Waals surface area contributed by atoms with Gasteiger partial charge in [0.2, 0.25) is 0 Å². The number of rotatable bonds is 2. The average molecular weight is 252 g/mol. The average Bonchev–Trinajstić information content (AvgIpc) is 2.27. The Kier molecular flexibility index (Phi) is 3.29. The molecular weight excluding hydrogens is 241 g/mol. The monoisotopic (exact) mass is 251 g/mol. The van der Waals surface area contributed by atoms with Crippen LogP contribution < -0.4 is 4.74 Å². The van der Waals surface area contributed by atoms with E-state index in [0.717, 1.165) is 11.1 Å². The Morgan fingerprint density at radius 2 is 1.94 bits per heavy atom. The maximum atomic E-state index is 13.4. The molecule has 0 aliphatic heterocycles. The summed E-state index contributed by atoms with van der Waals surface area (Å²) in [4.78, 5) is 3.80. The maximum absolute atomic E-state index is 13.4. The third kappa shape index (κ3) is 2.74. The summed E-state index contributed by atoms with van der Waals surface area (Å²) in [7, 11) is 0. The van der Waals surface area contributed by atoms with Crippen LogP contribution in [-0.2, 0) is 0 Å². The minimum Gasteiger partial charge on any atom is -0.436 e. The molecule has 2 aromatic rings. The van der Waals surface area contributed by atoms with Crippen LogP contribution in [0.15, 0.2) is 30.5 Å². The zero-order valence-corrected chi connectivity index (χ0v) is 10.3. The summed E-state index contributed by atoms with van der Waals surface area (Å²) in [6.45, 7) is 3.97. The smallest absolute Gasteiger partial charge is 0.255 e. The third-order valence-electron chi connectivity index (χ3n) is 2.47. The van der Waals surface area contributed by atoms with E-state index in [1.165, 1.54) is 12.3 Å². The molecule has 0 spiro atoms. The van der Waals surface area contributed by atoms with Gasteiger partial charge in [-0.25, -0.2) is 9.37 Å². The molecule has 0 atom stereocenters. The second-order valence-corrected chi connectivity index (χ2v) is 4.23. The number of ether oxygens (including phenoxy) is 1. The van der Waals surface area contributed by atoms with Crippen molar-refractivity contribution < 1.29 is 9.13 Å². The van der Waals surface area contributed by atoms with E-state index in [9.17, 15) is 4.39 Å². The first-order chi connectivity index (χ1) is 8.06. The molecule has 0 amide bonds. The highest BCUT2D eigenvalue weighted by Crippen LogP contribution is 2.25. The molecule has 1 aromatic heterocycles. The van der Waals surface area contributed by atoms with Crippen molar-refractivity contribution in [1.29, 1.82) is 0 Å². The second-order valence-electron chi connectivity index (χ2n) is 3.79. The first kappa shape index (κ1) is 11.9. The Bertz CT molecular complexity index is 557. The standard InChI is InChI=1S/C13H11ClFNO/c1-8-3-4-11(5-9(8)2)17-13-12(15)6-10(14)7-16-13/h3-7H,1-2H3. The molecule has 4 heteroatoms. The molecule has 2 rings (SSSR count). The second kappa shape index (κ2) is 4.72.